The average molecular weight is 858 g/mol. The van der Waals surface area contributed by atoms with Crippen LogP contribution in [0.2, 0.25) is 0 Å². The number of carbonyl (C=O) groups excluding carboxylic acids is 7. The number of primary amides is 1. The van der Waals surface area contributed by atoms with Gasteiger partial charge in [0.05, 0.1) is 19.7 Å². The standard InChI is InChI=1S/C43H59N11O8/c1-46-43(47-2)48-21-13-12-20-31(39(59)52-32(38(45)58)22-28-14-6-3-7-15-28)51-41(61)34(24-30-18-10-5-11-19-30)53-42(62)35(27-55)54-40(60)33(23-29-16-8-4-9-17-29)50-37(57)26-49-36(56)25-44/h3-11,14-19,31-35,55H,12-13,20-27,44H2,1-2H3,(H2,45,58)(H,49,56)(H,50,57)(H,51,61)(H,52,59)(H,53,62)(H,54,60)(H2,46,47,48)/t31-,32-,33-,34-,35-/m0/s1. The molecule has 0 saturated carbocycles. The third kappa shape index (κ3) is 17.8. The summed E-state index contributed by atoms with van der Waals surface area (Å²) in [7, 11) is 3.34. The number of nitrogens with zero attached hydrogens (tertiary/aromatic N) is 1. The first-order valence-corrected chi connectivity index (χ1v) is 20.2. The maximum absolute atomic E-state index is 14.2. The Morgan fingerprint density at radius 1 is 0.581 bits per heavy atom. The molecule has 0 aliphatic rings. The Hall–Kier alpha value is -6.86. The summed E-state index contributed by atoms with van der Waals surface area (Å²) in [5.74, 6) is -4.68. The second-order valence-electron chi connectivity index (χ2n) is 14.2. The molecule has 0 heterocycles. The van der Waals surface area contributed by atoms with Gasteiger partial charge in [-0.25, -0.2) is 0 Å². The number of aliphatic hydroxyl groups excluding tert-OH is 1. The molecule has 13 N–H and O–H groups in total. The van der Waals surface area contributed by atoms with E-state index in [-0.39, 0.29) is 32.2 Å². The number of rotatable bonds is 25. The molecule has 0 aromatic heterocycles. The number of nitrogens with one attached hydrogen (secondary N) is 8. The minimum absolute atomic E-state index is 0.00756. The predicted molar refractivity (Wildman–Crippen MR) is 233 cm³/mol. The molecule has 62 heavy (non-hydrogen) atoms. The van der Waals surface area contributed by atoms with E-state index in [1.165, 1.54) is 0 Å². The second kappa shape index (κ2) is 27.1. The van der Waals surface area contributed by atoms with Gasteiger partial charge in [-0.15, -0.1) is 0 Å². The van der Waals surface area contributed by atoms with Gasteiger partial charge in [0.2, 0.25) is 41.4 Å². The first-order chi connectivity index (χ1) is 29.9. The van der Waals surface area contributed by atoms with E-state index in [1.54, 1.807) is 99.0 Å². The van der Waals surface area contributed by atoms with Crippen molar-refractivity contribution in [3.8, 4) is 0 Å². The summed E-state index contributed by atoms with van der Waals surface area (Å²) in [5.41, 5.74) is 13.1. The maximum Gasteiger partial charge on any atom is 0.245 e. The van der Waals surface area contributed by atoms with Crippen LogP contribution in [0.25, 0.3) is 0 Å². The van der Waals surface area contributed by atoms with Gasteiger partial charge in [-0.1, -0.05) is 91.0 Å². The summed E-state index contributed by atoms with van der Waals surface area (Å²) in [6.07, 6.45) is 1.20. The van der Waals surface area contributed by atoms with Crippen LogP contribution in [0.3, 0.4) is 0 Å². The largest absolute Gasteiger partial charge is 0.394 e. The van der Waals surface area contributed by atoms with Crippen LogP contribution in [0, 0.1) is 0 Å². The summed E-state index contributed by atoms with van der Waals surface area (Å²) in [6, 6.07) is 20.0. The first kappa shape index (κ1) is 49.5. The third-order valence-electron chi connectivity index (χ3n) is 9.55. The molecule has 3 aromatic rings. The van der Waals surface area contributed by atoms with Gasteiger partial charge in [-0.3, -0.25) is 38.6 Å². The van der Waals surface area contributed by atoms with Crippen LogP contribution >= 0.6 is 0 Å². The highest BCUT2D eigenvalue weighted by atomic mass is 16.3. The van der Waals surface area contributed by atoms with Crippen LogP contribution in [0.1, 0.15) is 36.0 Å². The highest BCUT2D eigenvalue weighted by molar-refractivity contribution is 5.97. The molecular formula is C43H59N11O8. The molecule has 3 aromatic carbocycles. The first-order valence-electron chi connectivity index (χ1n) is 20.2. The van der Waals surface area contributed by atoms with Gasteiger partial charge in [0.1, 0.15) is 30.2 Å². The minimum Gasteiger partial charge on any atom is -0.394 e. The zero-order valence-electron chi connectivity index (χ0n) is 35.0. The van der Waals surface area contributed by atoms with Crippen LogP contribution in [0.15, 0.2) is 96.0 Å². The molecular weight excluding hydrogens is 799 g/mol. The van der Waals surface area contributed by atoms with E-state index in [0.717, 1.165) is 5.56 Å². The molecule has 0 bridgehead atoms. The lowest BCUT2D eigenvalue weighted by Crippen LogP contribution is -2.60. The number of hydrogen-bond acceptors (Lipinski definition) is 10. The highest BCUT2D eigenvalue weighted by Crippen LogP contribution is 2.10. The minimum atomic E-state index is -1.59. The van der Waals surface area contributed by atoms with Crippen LogP contribution in [0.5, 0.6) is 0 Å². The van der Waals surface area contributed by atoms with Gasteiger partial charge >= 0.3 is 0 Å². The van der Waals surface area contributed by atoms with Crippen molar-refractivity contribution >= 4 is 47.3 Å². The number of amides is 7. The molecule has 7 amide bonds. The summed E-state index contributed by atoms with van der Waals surface area (Å²) in [6.45, 7) is -1.20. The third-order valence-corrected chi connectivity index (χ3v) is 9.55. The molecule has 0 fully saturated rings. The lowest BCUT2D eigenvalue weighted by atomic mass is 10.0. The second-order valence-corrected chi connectivity index (χ2v) is 14.2. The smallest absolute Gasteiger partial charge is 0.245 e. The monoisotopic (exact) mass is 857 g/mol. The zero-order valence-corrected chi connectivity index (χ0v) is 35.0. The zero-order chi connectivity index (χ0) is 45.3. The fourth-order valence-corrected chi connectivity index (χ4v) is 6.20. The molecule has 0 unspecified atom stereocenters. The van der Waals surface area contributed by atoms with Crippen molar-refractivity contribution in [1.82, 2.24) is 42.5 Å². The fourth-order valence-electron chi connectivity index (χ4n) is 6.20. The number of aliphatic imine (C=N–C) groups is 1. The van der Waals surface area contributed by atoms with Gasteiger partial charge < -0.3 is 59.1 Å². The topological polar surface area (TPSA) is 300 Å². The number of unbranched alkanes of at least 4 members (excludes halogenated alkanes) is 1. The molecule has 5 atom stereocenters. The number of carbonyl (C=O) groups is 7. The van der Waals surface area contributed by atoms with E-state index < -0.39 is 84.7 Å². The Morgan fingerprint density at radius 2 is 1.02 bits per heavy atom. The van der Waals surface area contributed by atoms with Crippen molar-refractivity contribution in [2.45, 2.75) is 68.7 Å². The van der Waals surface area contributed by atoms with Gasteiger partial charge in [0, 0.05) is 39.9 Å². The van der Waals surface area contributed by atoms with Gasteiger partial charge in [-0.05, 0) is 36.0 Å². The molecule has 0 saturated heterocycles. The molecule has 0 radical (unpaired) electrons. The molecule has 19 heteroatoms. The van der Waals surface area contributed by atoms with Crippen molar-refractivity contribution in [2.24, 2.45) is 16.5 Å². The predicted octanol–water partition coefficient (Wildman–Crippen LogP) is -2.34. The van der Waals surface area contributed by atoms with E-state index in [1.807, 2.05) is 6.07 Å². The fraction of sp³-hybridized carbons (Fsp3) is 0.395. The lowest BCUT2D eigenvalue weighted by molar-refractivity contribution is -0.135. The van der Waals surface area contributed by atoms with E-state index in [0.29, 0.717) is 36.5 Å². The number of nitrogens with two attached hydrogens (primary N) is 2. The van der Waals surface area contributed by atoms with Crippen molar-refractivity contribution in [1.29, 1.82) is 0 Å². The average Bonchev–Trinajstić information content (AvgIpc) is 3.28. The van der Waals surface area contributed by atoms with Crippen molar-refractivity contribution in [3.63, 3.8) is 0 Å². The lowest BCUT2D eigenvalue weighted by Gasteiger charge is -2.27. The van der Waals surface area contributed by atoms with Crippen LogP contribution in [0.4, 0.5) is 0 Å². The summed E-state index contributed by atoms with van der Waals surface area (Å²) in [5, 5.41) is 31.8. The quantitative estimate of drug-likeness (QED) is 0.0244. The summed E-state index contributed by atoms with van der Waals surface area (Å²) in [4.78, 5) is 96.5. The number of hydrogen-bond donors (Lipinski definition) is 11. The molecule has 19 nitrogen and oxygen atoms in total. The van der Waals surface area contributed by atoms with E-state index >= 15 is 0 Å². The summed E-state index contributed by atoms with van der Waals surface area (Å²) >= 11 is 0. The molecule has 0 aliphatic carbocycles. The van der Waals surface area contributed by atoms with E-state index in [9.17, 15) is 38.7 Å². The maximum atomic E-state index is 14.2. The van der Waals surface area contributed by atoms with Crippen molar-refractivity contribution in [2.75, 3.05) is 40.3 Å². The molecule has 334 valence electrons. The van der Waals surface area contributed by atoms with E-state index in [2.05, 4.69) is 47.5 Å². The van der Waals surface area contributed by atoms with E-state index in [4.69, 9.17) is 11.5 Å². The molecule has 3 rings (SSSR count). The Labute approximate surface area is 361 Å². The number of benzene rings is 3. The van der Waals surface area contributed by atoms with Crippen LogP contribution in [-0.2, 0) is 52.8 Å². The van der Waals surface area contributed by atoms with Gasteiger partial charge in [0.15, 0.2) is 5.96 Å². The van der Waals surface area contributed by atoms with Crippen LogP contribution in [-0.4, -0.2) is 123 Å². The molecule has 0 spiro atoms. The van der Waals surface area contributed by atoms with Gasteiger partial charge in [0.25, 0.3) is 0 Å². The van der Waals surface area contributed by atoms with Gasteiger partial charge in [-0.2, -0.15) is 0 Å². The normalized spacial score (nSPS) is 13.5. The number of aliphatic hydroxyl groups is 1. The Balaban J connectivity index is 1.84. The Kier molecular flexibility index (Phi) is 21.6. The molecule has 0 aliphatic heterocycles. The van der Waals surface area contributed by atoms with Crippen molar-refractivity contribution < 1.29 is 38.7 Å². The van der Waals surface area contributed by atoms with Crippen LogP contribution < -0.4 is 54.0 Å². The highest BCUT2D eigenvalue weighted by Gasteiger charge is 2.32. The summed E-state index contributed by atoms with van der Waals surface area (Å²) < 4.78 is 0. The Bertz CT molecular complexity index is 1940. The Morgan fingerprint density at radius 3 is 1.48 bits per heavy atom. The van der Waals surface area contributed by atoms with Crippen molar-refractivity contribution in [3.05, 3.63) is 108 Å². The SMILES string of the molecule is CN=C(NC)NCCCC[C@H](NC(=O)[C@H](Cc1ccccc1)NC(=O)[C@H](CO)NC(=O)[C@H](Cc1ccccc1)NC(=O)CNC(=O)CN)C(=O)N[C@@H](Cc1ccccc1)C(N)=O. The number of guanidine groups is 1.